The van der Waals surface area contributed by atoms with E-state index >= 15 is 0 Å². The van der Waals surface area contributed by atoms with E-state index in [0.29, 0.717) is 17.5 Å². The van der Waals surface area contributed by atoms with Gasteiger partial charge < -0.3 is 15.1 Å². The number of amides is 2. The summed E-state index contributed by atoms with van der Waals surface area (Å²) in [7, 11) is 0. The van der Waals surface area contributed by atoms with Crippen LogP contribution in [-0.2, 0) is 0 Å². The molecule has 1 atom stereocenters. The molecule has 0 spiro atoms. The van der Waals surface area contributed by atoms with Crippen LogP contribution in [0.15, 0.2) is 34.7 Å². The van der Waals surface area contributed by atoms with Gasteiger partial charge in [-0.05, 0) is 51.1 Å². The van der Waals surface area contributed by atoms with E-state index in [1.165, 1.54) is 0 Å². The molecule has 0 fully saturated rings. The number of urea groups is 1. The lowest BCUT2D eigenvalue weighted by Gasteiger charge is -2.12. The summed E-state index contributed by atoms with van der Waals surface area (Å²) in [6.45, 7) is 9.69. The maximum absolute atomic E-state index is 12.2. The molecular weight excluding hydrogens is 344 g/mol. The number of nitrogens with zero attached hydrogens (tertiary/aromatic N) is 4. The Labute approximate surface area is 158 Å². The minimum atomic E-state index is -0.390. The fourth-order valence-electron chi connectivity index (χ4n) is 2.66. The Balaban J connectivity index is 1.61. The molecule has 0 radical (unpaired) electrons. The summed E-state index contributed by atoms with van der Waals surface area (Å²) in [6, 6.07) is 8.77. The SMILES string of the molecule is Cc1cc(C)n(-c2ccc(NC(=O)NC(C)c3nnc(C(C)C)o3)cc2)n1. The maximum Gasteiger partial charge on any atom is 0.319 e. The predicted molar refractivity (Wildman–Crippen MR) is 102 cm³/mol. The van der Waals surface area contributed by atoms with Crippen LogP contribution in [0.3, 0.4) is 0 Å². The molecule has 2 aromatic heterocycles. The summed E-state index contributed by atoms with van der Waals surface area (Å²) in [5.41, 5.74) is 3.63. The van der Waals surface area contributed by atoms with Crippen molar-refractivity contribution in [3.05, 3.63) is 53.5 Å². The number of anilines is 1. The van der Waals surface area contributed by atoms with Gasteiger partial charge in [-0.15, -0.1) is 10.2 Å². The summed E-state index contributed by atoms with van der Waals surface area (Å²) < 4.78 is 7.43. The van der Waals surface area contributed by atoms with Crippen LogP contribution in [0.2, 0.25) is 0 Å². The van der Waals surface area contributed by atoms with Crippen molar-refractivity contribution in [1.29, 1.82) is 0 Å². The third-order valence-electron chi connectivity index (χ3n) is 4.05. The van der Waals surface area contributed by atoms with Crippen LogP contribution in [0.1, 0.15) is 55.9 Å². The second kappa shape index (κ2) is 7.61. The van der Waals surface area contributed by atoms with E-state index in [9.17, 15) is 4.79 Å². The van der Waals surface area contributed by atoms with E-state index < -0.39 is 0 Å². The van der Waals surface area contributed by atoms with Gasteiger partial charge in [-0.25, -0.2) is 9.48 Å². The highest BCUT2D eigenvalue weighted by atomic mass is 16.4. The van der Waals surface area contributed by atoms with Crippen LogP contribution in [-0.4, -0.2) is 26.0 Å². The lowest BCUT2D eigenvalue weighted by atomic mass is 10.2. The third-order valence-corrected chi connectivity index (χ3v) is 4.05. The average Bonchev–Trinajstić information content (AvgIpc) is 3.22. The highest BCUT2D eigenvalue weighted by Crippen LogP contribution is 2.18. The normalized spacial score (nSPS) is 12.2. The molecule has 2 heterocycles. The van der Waals surface area contributed by atoms with Gasteiger partial charge in [0.15, 0.2) is 0 Å². The minimum absolute atomic E-state index is 0.146. The summed E-state index contributed by atoms with van der Waals surface area (Å²) in [5.74, 6) is 1.08. The number of rotatable bonds is 5. The number of hydrogen-bond donors (Lipinski definition) is 2. The molecule has 0 bridgehead atoms. The molecule has 27 heavy (non-hydrogen) atoms. The second-order valence-electron chi connectivity index (χ2n) is 6.84. The standard InChI is InChI=1S/C19H24N6O2/c1-11(2)17-22-23-18(27-17)14(5)20-19(26)21-15-6-8-16(9-7-15)25-13(4)10-12(3)24-25/h6-11,14H,1-5H3,(H2,20,21,26). The van der Waals surface area contributed by atoms with E-state index in [4.69, 9.17) is 4.42 Å². The van der Waals surface area contributed by atoms with Gasteiger partial charge in [-0.2, -0.15) is 5.10 Å². The zero-order chi connectivity index (χ0) is 19.6. The molecule has 0 saturated carbocycles. The van der Waals surface area contributed by atoms with E-state index in [0.717, 1.165) is 17.1 Å². The van der Waals surface area contributed by atoms with Crippen LogP contribution in [0.25, 0.3) is 5.69 Å². The van der Waals surface area contributed by atoms with Crippen molar-refractivity contribution in [2.24, 2.45) is 0 Å². The van der Waals surface area contributed by atoms with Crippen LogP contribution < -0.4 is 10.6 Å². The quantitative estimate of drug-likeness (QED) is 0.712. The fraction of sp³-hybridized carbons (Fsp3) is 0.368. The zero-order valence-electron chi connectivity index (χ0n) is 16.1. The molecule has 0 aliphatic carbocycles. The van der Waals surface area contributed by atoms with Crippen molar-refractivity contribution in [1.82, 2.24) is 25.3 Å². The smallest absolute Gasteiger partial charge is 0.319 e. The van der Waals surface area contributed by atoms with Gasteiger partial charge in [0, 0.05) is 17.3 Å². The first-order valence-corrected chi connectivity index (χ1v) is 8.88. The highest BCUT2D eigenvalue weighted by molar-refractivity contribution is 5.89. The van der Waals surface area contributed by atoms with E-state index in [2.05, 4.69) is 25.9 Å². The van der Waals surface area contributed by atoms with Crippen molar-refractivity contribution in [3.8, 4) is 5.69 Å². The Morgan fingerprint density at radius 2 is 1.74 bits per heavy atom. The number of nitrogens with one attached hydrogen (secondary N) is 2. The number of benzene rings is 1. The van der Waals surface area contributed by atoms with Gasteiger partial charge in [0.25, 0.3) is 0 Å². The average molecular weight is 368 g/mol. The molecule has 2 amide bonds. The van der Waals surface area contributed by atoms with Crippen molar-refractivity contribution in [3.63, 3.8) is 0 Å². The van der Waals surface area contributed by atoms with E-state index in [1.807, 2.05) is 62.7 Å². The van der Waals surface area contributed by atoms with Gasteiger partial charge in [0.1, 0.15) is 6.04 Å². The second-order valence-corrected chi connectivity index (χ2v) is 6.84. The lowest BCUT2D eigenvalue weighted by molar-refractivity contribution is 0.246. The van der Waals surface area contributed by atoms with Crippen LogP contribution >= 0.6 is 0 Å². The molecule has 8 heteroatoms. The van der Waals surface area contributed by atoms with Gasteiger partial charge in [-0.1, -0.05) is 13.8 Å². The van der Waals surface area contributed by atoms with E-state index in [-0.39, 0.29) is 18.0 Å². The molecule has 8 nitrogen and oxygen atoms in total. The summed E-state index contributed by atoms with van der Waals surface area (Å²) in [4.78, 5) is 12.2. The number of aryl methyl sites for hydroxylation is 2. The molecule has 1 unspecified atom stereocenters. The predicted octanol–water partition coefficient (Wildman–Crippen LogP) is 3.88. The van der Waals surface area contributed by atoms with Crippen LogP contribution in [0.4, 0.5) is 10.5 Å². The van der Waals surface area contributed by atoms with Gasteiger partial charge in [0.05, 0.1) is 11.4 Å². The monoisotopic (exact) mass is 368 g/mol. The molecule has 0 saturated heterocycles. The topological polar surface area (TPSA) is 97.9 Å². The number of carbonyl (C=O) groups excluding carboxylic acids is 1. The Bertz CT molecular complexity index is 926. The number of aromatic nitrogens is 4. The van der Waals surface area contributed by atoms with Crippen molar-refractivity contribution < 1.29 is 9.21 Å². The molecule has 3 aromatic rings. The largest absolute Gasteiger partial charge is 0.423 e. The third kappa shape index (κ3) is 4.33. The zero-order valence-corrected chi connectivity index (χ0v) is 16.1. The fourth-order valence-corrected chi connectivity index (χ4v) is 2.66. The molecule has 3 rings (SSSR count). The van der Waals surface area contributed by atoms with Crippen molar-refractivity contribution in [2.45, 2.75) is 46.6 Å². The first-order valence-electron chi connectivity index (χ1n) is 8.88. The minimum Gasteiger partial charge on any atom is -0.423 e. The highest BCUT2D eigenvalue weighted by Gasteiger charge is 2.17. The molecule has 2 N–H and O–H groups in total. The Hall–Kier alpha value is -3.16. The maximum atomic E-state index is 12.2. The summed E-state index contributed by atoms with van der Waals surface area (Å²) >= 11 is 0. The molecule has 142 valence electrons. The Morgan fingerprint density at radius 3 is 2.30 bits per heavy atom. The number of carbonyl (C=O) groups is 1. The molecule has 0 aliphatic heterocycles. The summed E-state index contributed by atoms with van der Waals surface area (Å²) in [6.07, 6.45) is 0. The van der Waals surface area contributed by atoms with Gasteiger partial charge in [0.2, 0.25) is 11.8 Å². The molecule has 1 aromatic carbocycles. The number of hydrogen-bond acceptors (Lipinski definition) is 5. The summed E-state index contributed by atoms with van der Waals surface area (Å²) in [5, 5.41) is 18.0. The van der Waals surface area contributed by atoms with Gasteiger partial charge >= 0.3 is 6.03 Å². The van der Waals surface area contributed by atoms with Crippen molar-refractivity contribution in [2.75, 3.05) is 5.32 Å². The lowest BCUT2D eigenvalue weighted by Crippen LogP contribution is -2.31. The Kier molecular flexibility index (Phi) is 5.25. The van der Waals surface area contributed by atoms with Gasteiger partial charge in [-0.3, -0.25) is 0 Å². The van der Waals surface area contributed by atoms with Crippen LogP contribution in [0.5, 0.6) is 0 Å². The molecule has 0 aliphatic rings. The first kappa shape index (κ1) is 18.6. The van der Waals surface area contributed by atoms with Crippen molar-refractivity contribution >= 4 is 11.7 Å². The van der Waals surface area contributed by atoms with Crippen LogP contribution in [0, 0.1) is 13.8 Å². The Morgan fingerprint density at radius 1 is 1.07 bits per heavy atom. The molecular formula is C19H24N6O2. The first-order chi connectivity index (χ1) is 12.8. The van der Waals surface area contributed by atoms with E-state index in [1.54, 1.807) is 6.92 Å².